The van der Waals surface area contributed by atoms with Gasteiger partial charge in [-0.05, 0) is 47.9 Å². The van der Waals surface area contributed by atoms with Crippen LogP contribution in [0.4, 0.5) is 8.78 Å². The zero-order valence-corrected chi connectivity index (χ0v) is 14.4. The summed E-state index contributed by atoms with van der Waals surface area (Å²) in [5.74, 6) is -0.121. The van der Waals surface area contributed by atoms with Gasteiger partial charge in [0.25, 0.3) is 5.91 Å². The predicted molar refractivity (Wildman–Crippen MR) is 93.2 cm³/mol. The van der Waals surface area contributed by atoms with Gasteiger partial charge in [-0.1, -0.05) is 18.2 Å². The summed E-state index contributed by atoms with van der Waals surface area (Å²) in [4.78, 5) is 12.4. The van der Waals surface area contributed by atoms with Gasteiger partial charge in [0.05, 0.1) is 6.04 Å². The zero-order chi connectivity index (χ0) is 17.1. The number of nitrogens with one attached hydrogen (secondary N) is 2. The Bertz CT molecular complexity index is 756. The largest absolute Gasteiger partial charge is 0.435 e. The molecule has 2 aromatic rings. The molecule has 1 heterocycles. The first-order chi connectivity index (χ1) is 11.5. The molecule has 3 rings (SSSR count). The average Bonchev–Trinajstić information content (AvgIpc) is 3.02. The summed E-state index contributed by atoms with van der Waals surface area (Å²) < 4.78 is 29.0. The van der Waals surface area contributed by atoms with Gasteiger partial charge in [-0.25, -0.2) is 0 Å². The molecule has 1 aliphatic rings. The van der Waals surface area contributed by atoms with E-state index in [0.29, 0.717) is 11.1 Å². The van der Waals surface area contributed by atoms with E-state index in [1.807, 2.05) is 12.1 Å². The molecule has 7 heteroatoms. The summed E-state index contributed by atoms with van der Waals surface area (Å²) >= 11 is 0. The van der Waals surface area contributed by atoms with E-state index < -0.39 is 6.61 Å². The van der Waals surface area contributed by atoms with Gasteiger partial charge in [-0.2, -0.15) is 8.78 Å². The van der Waals surface area contributed by atoms with Crippen LogP contribution in [-0.4, -0.2) is 12.5 Å². The normalized spacial score (nSPS) is 13.8. The van der Waals surface area contributed by atoms with Crippen molar-refractivity contribution in [2.75, 3.05) is 0 Å². The van der Waals surface area contributed by atoms with Crippen LogP contribution < -0.4 is 15.4 Å². The number of amides is 1. The smallest absolute Gasteiger partial charge is 0.387 e. The fourth-order valence-corrected chi connectivity index (χ4v) is 2.76. The van der Waals surface area contributed by atoms with Crippen molar-refractivity contribution in [3.05, 3.63) is 64.7 Å². The number of benzene rings is 2. The molecular weight excluding hydrogens is 350 g/mol. The molecular formula is C18H19ClF2N2O2. The van der Waals surface area contributed by atoms with Gasteiger partial charge in [0, 0.05) is 18.7 Å². The van der Waals surface area contributed by atoms with Crippen LogP contribution in [0.3, 0.4) is 0 Å². The summed E-state index contributed by atoms with van der Waals surface area (Å²) in [5.41, 5.74) is 3.62. The summed E-state index contributed by atoms with van der Waals surface area (Å²) in [7, 11) is 0. The molecule has 0 fully saturated rings. The molecule has 0 aliphatic carbocycles. The first kappa shape index (κ1) is 19.1. The number of halogens is 3. The first-order valence-electron chi connectivity index (χ1n) is 7.71. The zero-order valence-electron chi connectivity index (χ0n) is 13.6. The second-order valence-electron chi connectivity index (χ2n) is 5.73. The monoisotopic (exact) mass is 368 g/mol. The van der Waals surface area contributed by atoms with Gasteiger partial charge in [-0.15, -0.1) is 12.4 Å². The molecule has 0 spiro atoms. The molecule has 0 saturated carbocycles. The third-order valence-corrected chi connectivity index (χ3v) is 4.03. The third kappa shape index (κ3) is 4.67. The van der Waals surface area contributed by atoms with Crippen molar-refractivity contribution in [1.29, 1.82) is 0 Å². The number of carbonyl (C=O) groups excluding carboxylic acids is 1. The van der Waals surface area contributed by atoms with Crippen molar-refractivity contribution < 1.29 is 18.3 Å². The van der Waals surface area contributed by atoms with E-state index in [4.69, 9.17) is 0 Å². The lowest BCUT2D eigenvalue weighted by Crippen LogP contribution is -2.26. The Labute approximate surface area is 151 Å². The maximum Gasteiger partial charge on any atom is 0.387 e. The molecule has 1 atom stereocenters. The lowest BCUT2D eigenvalue weighted by molar-refractivity contribution is -0.0499. The number of carbonyl (C=O) groups is 1. The summed E-state index contributed by atoms with van der Waals surface area (Å²) in [6.07, 6.45) is 0. The van der Waals surface area contributed by atoms with E-state index in [9.17, 15) is 13.6 Å². The Morgan fingerprint density at radius 1 is 1.16 bits per heavy atom. The molecule has 4 nitrogen and oxygen atoms in total. The molecule has 25 heavy (non-hydrogen) atoms. The van der Waals surface area contributed by atoms with Crippen molar-refractivity contribution in [2.45, 2.75) is 32.7 Å². The van der Waals surface area contributed by atoms with E-state index in [1.54, 1.807) is 25.1 Å². The maximum absolute atomic E-state index is 12.4. The molecule has 0 saturated heterocycles. The van der Waals surface area contributed by atoms with Crippen molar-refractivity contribution in [1.82, 2.24) is 10.6 Å². The highest BCUT2D eigenvalue weighted by Gasteiger charge is 2.16. The maximum atomic E-state index is 12.4. The van der Waals surface area contributed by atoms with E-state index in [-0.39, 0.29) is 30.1 Å². The van der Waals surface area contributed by atoms with E-state index in [0.717, 1.165) is 18.7 Å². The SMILES string of the molecule is CC(NC(=O)c1ccc2c(c1)CNC2)c1cccc(OC(F)F)c1.Cl. The Kier molecular flexibility index (Phi) is 6.33. The second kappa shape index (κ2) is 8.27. The van der Waals surface area contributed by atoms with Gasteiger partial charge >= 0.3 is 6.61 Å². The van der Waals surface area contributed by atoms with Crippen LogP contribution in [0.15, 0.2) is 42.5 Å². The quantitative estimate of drug-likeness (QED) is 0.844. The first-order valence-corrected chi connectivity index (χ1v) is 7.71. The van der Waals surface area contributed by atoms with Gasteiger partial charge in [-0.3, -0.25) is 4.79 Å². The molecule has 2 aromatic carbocycles. The van der Waals surface area contributed by atoms with Crippen LogP contribution in [0, 0.1) is 0 Å². The number of rotatable bonds is 5. The average molecular weight is 369 g/mol. The fraction of sp³-hybridized carbons (Fsp3) is 0.278. The minimum absolute atomic E-state index is 0. The Morgan fingerprint density at radius 3 is 2.68 bits per heavy atom. The van der Waals surface area contributed by atoms with E-state index in [2.05, 4.69) is 15.4 Å². The van der Waals surface area contributed by atoms with Crippen molar-refractivity contribution in [3.63, 3.8) is 0 Å². The number of fused-ring (bicyclic) bond motifs is 1. The highest BCUT2D eigenvalue weighted by Crippen LogP contribution is 2.22. The molecule has 0 radical (unpaired) electrons. The van der Waals surface area contributed by atoms with Gasteiger partial charge in [0.15, 0.2) is 0 Å². The van der Waals surface area contributed by atoms with Crippen molar-refractivity contribution in [2.24, 2.45) is 0 Å². The fourth-order valence-electron chi connectivity index (χ4n) is 2.76. The van der Waals surface area contributed by atoms with Crippen LogP contribution in [-0.2, 0) is 13.1 Å². The topological polar surface area (TPSA) is 50.4 Å². The predicted octanol–water partition coefficient (Wildman–Crippen LogP) is 3.80. The van der Waals surface area contributed by atoms with Gasteiger partial charge in [0.1, 0.15) is 5.75 Å². The molecule has 1 unspecified atom stereocenters. The number of alkyl halides is 2. The molecule has 134 valence electrons. The lowest BCUT2D eigenvalue weighted by Gasteiger charge is -2.16. The van der Waals surface area contributed by atoms with Crippen molar-refractivity contribution >= 4 is 18.3 Å². The van der Waals surface area contributed by atoms with Crippen LogP contribution >= 0.6 is 12.4 Å². The van der Waals surface area contributed by atoms with Crippen LogP contribution in [0.25, 0.3) is 0 Å². The summed E-state index contributed by atoms with van der Waals surface area (Å²) in [5, 5.41) is 6.12. The van der Waals surface area contributed by atoms with E-state index in [1.165, 1.54) is 17.7 Å². The number of hydrogen-bond donors (Lipinski definition) is 2. The Morgan fingerprint density at radius 2 is 1.92 bits per heavy atom. The molecule has 1 aliphatic heterocycles. The second-order valence-corrected chi connectivity index (χ2v) is 5.73. The van der Waals surface area contributed by atoms with Crippen molar-refractivity contribution in [3.8, 4) is 5.75 Å². The molecule has 2 N–H and O–H groups in total. The minimum atomic E-state index is -2.87. The summed E-state index contributed by atoms with van der Waals surface area (Å²) in [6, 6.07) is 11.6. The van der Waals surface area contributed by atoms with Crippen LogP contribution in [0.5, 0.6) is 5.75 Å². The van der Waals surface area contributed by atoms with E-state index >= 15 is 0 Å². The molecule has 0 aromatic heterocycles. The molecule has 0 bridgehead atoms. The highest BCUT2D eigenvalue weighted by atomic mass is 35.5. The van der Waals surface area contributed by atoms with Gasteiger partial charge < -0.3 is 15.4 Å². The standard InChI is InChI=1S/C18H18F2N2O2.ClH/c1-11(12-3-2-4-16(8-12)24-18(19)20)22-17(23)13-5-6-14-9-21-10-15(14)7-13;/h2-8,11,18,21H,9-10H2,1H3,(H,22,23);1H. The van der Waals surface area contributed by atoms with Crippen LogP contribution in [0.2, 0.25) is 0 Å². The number of hydrogen-bond acceptors (Lipinski definition) is 3. The minimum Gasteiger partial charge on any atom is -0.435 e. The van der Waals surface area contributed by atoms with Gasteiger partial charge in [0.2, 0.25) is 0 Å². The highest BCUT2D eigenvalue weighted by molar-refractivity contribution is 5.94. The number of ether oxygens (including phenoxy) is 1. The molecule has 1 amide bonds. The third-order valence-electron chi connectivity index (χ3n) is 4.03. The summed E-state index contributed by atoms with van der Waals surface area (Å²) in [6.45, 7) is 0.517. The Hall–Kier alpha value is -2.18. The van der Waals surface area contributed by atoms with Crippen LogP contribution in [0.1, 0.15) is 40.0 Å². The lowest BCUT2D eigenvalue weighted by atomic mass is 10.0. The Balaban J connectivity index is 0.00000225.